The molecule has 1 aliphatic heterocycles. The largest absolute Gasteiger partial charge is 0.300 e. The quantitative estimate of drug-likeness (QED) is 0.540. The van der Waals surface area contributed by atoms with Crippen LogP contribution in [0.15, 0.2) is 0 Å². The third-order valence-corrected chi connectivity index (χ3v) is 3.16. The summed E-state index contributed by atoms with van der Waals surface area (Å²) in [7, 11) is 2.25. The Morgan fingerprint density at radius 1 is 1.40 bits per heavy atom. The number of likely N-dealkylation sites (tertiary alicyclic amines) is 1. The molecule has 1 aliphatic rings. The summed E-state index contributed by atoms with van der Waals surface area (Å²) in [4.78, 5) is 2.52. The Morgan fingerprint density at radius 3 is 2.20 bits per heavy atom. The van der Waals surface area contributed by atoms with E-state index in [9.17, 15) is 0 Å². The summed E-state index contributed by atoms with van der Waals surface area (Å²) in [6.45, 7) is 6.98. The van der Waals surface area contributed by atoms with Crippen molar-refractivity contribution in [3.05, 3.63) is 0 Å². The van der Waals surface area contributed by atoms with Gasteiger partial charge in [-0.2, -0.15) is 0 Å². The molecule has 1 saturated heterocycles. The van der Waals surface area contributed by atoms with Gasteiger partial charge in [-0.25, -0.2) is 0 Å². The fraction of sp³-hybridized carbons (Fsp3) is 1.00. The molecule has 0 bridgehead atoms. The third-order valence-electron chi connectivity index (χ3n) is 3.16. The Morgan fingerprint density at radius 2 is 2.00 bits per heavy atom. The van der Waals surface area contributed by atoms with Crippen LogP contribution in [0, 0.1) is 5.92 Å². The Kier molecular flexibility index (Phi) is 2.35. The molecule has 1 heterocycles. The van der Waals surface area contributed by atoms with Gasteiger partial charge in [0.2, 0.25) is 0 Å². The standard InChI is InChI=1S/C9H19N/c1-5-9-6-7(2)8(3)10(9)4/h7-9H,5-6H2,1-4H3. The second-order valence-corrected chi connectivity index (χ2v) is 3.68. The molecule has 0 aromatic carbocycles. The molecule has 3 atom stereocenters. The fourth-order valence-corrected chi connectivity index (χ4v) is 1.98. The van der Waals surface area contributed by atoms with Crippen LogP contribution in [0.4, 0.5) is 0 Å². The lowest BCUT2D eigenvalue weighted by Crippen LogP contribution is -2.30. The second kappa shape index (κ2) is 2.91. The lowest BCUT2D eigenvalue weighted by Gasteiger charge is -2.22. The Bertz CT molecular complexity index is 111. The normalized spacial score (nSPS) is 42.6. The van der Waals surface area contributed by atoms with E-state index in [1.165, 1.54) is 12.8 Å². The molecule has 0 radical (unpaired) electrons. The van der Waals surface area contributed by atoms with Gasteiger partial charge in [0.1, 0.15) is 0 Å². The zero-order valence-corrected chi connectivity index (χ0v) is 7.59. The number of rotatable bonds is 1. The van der Waals surface area contributed by atoms with Crippen LogP contribution < -0.4 is 0 Å². The van der Waals surface area contributed by atoms with Crippen LogP contribution in [-0.4, -0.2) is 24.0 Å². The summed E-state index contributed by atoms with van der Waals surface area (Å²) >= 11 is 0. The predicted octanol–water partition coefficient (Wildman–Crippen LogP) is 2.13. The average Bonchev–Trinajstić information content (AvgIpc) is 2.17. The highest BCUT2D eigenvalue weighted by atomic mass is 15.2. The highest BCUT2D eigenvalue weighted by Gasteiger charge is 2.31. The molecule has 0 aromatic heterocycles. The van der Waals surface area contributed by atoms with Crippen LogP contribution in [0.3, 0.4) is 0 Å². The lowest BCUT2D eigenvalue weighted by atomic mass is 10.0. The molecule has 1 fully saturated rings. The van der Waals surface area contributed by atoms with E-state index >= 15 is 0 Å². The van der Waals surface area contributed by atoms with Crippen molar-refractivity contribution in [2.45, 2.75) is 45.7 Å². The SMILES string of the molecule is CCC1CC(C)C(C)N1C. The van der Waals surface area contributed by atoms with Gasteiger partial charge in [0.25, 0.3) is 0 Å². The van der Waals surface area contributed by atoms with Gasteiger partial charge in [-0.05, 0) is 32.7 Å². The van der Waals surface area contributed by atoms with Crippen molar-refractivity contribution in [3.63, 3.8) is 0 Å². The van der Waals surface area contributed by atoms with Crippen LogP contribution in [0.25, 0.3) is 0 Å². The van der Waals surface area contributed by atoms with Crippen molar-refractivity contribution in [1.82, 2.24) is 4.90 Å². The molecule has 0 saturated carbocycles. The zero-order chi connectivity index (χ0) is 7.72. The van der Waals surface area contributed by atoms with Crippen molar-refractivity contribution in [3.8, 4) is 0 Å². The predicted molar refractivity (Wildman–Crippen MR) is 45.1 cm³/mol. The molecule has 0 aliphatic carbocycles. The smallest absolute Gasteiger partial charge is 0.00956 e. The third kappa shape index (κ3) is 1.20. The first-order chi connectivity index (χ1) is 4.66. The van der Waals surface area contributed by atoms with Gasteiger partial charge in [-0.1, -0.05) is 13.8 Å². The Labute approximate surface area is 64.4 Å². The van der Waals surface area contributed by atoms with Gasteiger partial charge < -0.3 is 4.90 Å². The molecule has 60 valence electrons. The van der Waals surface area contributed by atoms with E-state index in [1.54, 1.807) is 0 Å². The van der Waals surface area contributed by atoms with Gasteiger partial charge in [0.15, 0.2) is 0 Å². The Hall–Kier alpha value is -0.0400. The molecular formula is C9H19N. The minimum atomic E-state index is 0.796. The molecule has 0 spiro atoms. The highest BCUT2D eigenvalue weighted by Crippen LogP contribution is 2.28. The zero-order valence-electron chi connectivity index (χ0n) is 7.59. The maximum atomic E-state index is 2.52. The summed E-state index contributed by atoms with van der Waals surface area (Å²) in [5.41, 5.74) is 0. The van der Waals surface area contributed by atoms with Crippen LogP contribution in [0.5, 0.6) is 0 Å². The summed E-state index contributed by atoms with van der Waals surface area (Å²) < 4.78 is 0. The lowest BCUT2D eigenvalue weighted by molar-refractivity contribution is 0.238. The van der Waals surface area contributed by atoms with Crippen molar-refractivity contribution < 1.29 is 0 Å². The van der Waals surface area contributed by atoms with Crippen molar-refractivity contribution in [2.75, 3.05) is 7.05 Å². The van der Waals surface area contributed by atoms with Crippen LogP contribution in [-0.2, 0) is 0 Å². The molecule has 0 N–H and O–H groups in total. The van der Waals surface area contributed by atoms with Crippen molar-refractivity contribution in [2.24, 2.45) is 5.92 Å². The molecule has 0 amide bonds. The van der Waals surface area contributed by atoms with Gasteiger partial charge in [-0.15, -0.1) is 0 Å². The number of hydrogen-bond donors (Lipinski definition) is 0. The molecule has 0 aromatic rings. The van der Waals surface area contributed by atoms with E-state index in [0.29, 0.717) is 0 Å². The molecule has 1 heteroatoms. The first-order valence-corrected chi connectivity index (χ1v) is 4.38. The van der Waals surface area contributed by atoms with E-state index in [0.717, 1.165) is 18.0 Å². The van der Waals surface area contributed by atoms with Crippen LogP contribution >= 0.6 is 0 Å². The second-order valence-electron chi connectivity index (χ2n) is 3.68. The molecule has 3 unspecified atom stereocenters. The van der Waals surface area contributed by atoms with E-state index in [1.807, 2.05) is 0 Å². The number of hydrogen-bond acceptors (Lipinski definition) is 1. The molecule has 1 rings (SSSR count). The molecular weight excluding hydrogens is 122 g/mol. The van der Waals surface area contributed by atoms with E-state index < -0.39 is 0 Å². The maximum Gasteiger partial charge on any atom is 0.00956 e. The Balaban J connectivity index is 2.53. The van der Waals surface area contributed by atoms with Gasteiger partial charge in [0, 0.05) is 12.1 Å². The summed E-state index contributed by atoms with van der Waals surface area (Å²) in [6.07, 6.45) is 2.71. The van der Waals surface area contributed by atoms with Gasteiger partial charge >= 0.3 is 0 Å². The fourth-order valence-electron chi connectivity index (χ4n) is 1.98. The number of nitrogens with zero attached hydrogens (tertiary/aromatic N) is 1. The molecule has 10 heavy (non-hydrogen) atoms. The summed E-state index contributed by atoms with van der Waals surface area (Å²) in [6, 6.07) is 1.65. The van der Waals surface area contributed by atoms with Crippen LogP contribution in [0.1, 0.15) is 33.6 Å². The maximum absolute atomic E-state index is 2.52. The summed E-state index contributed by atoms with van der Waals surface area (Å²) in [5, 5.41) is 0. The topological polar surface area (TPSA) is 3.24 Å². The minimum Gasteiger partial charge on any atom is -0.300 e. The first kappa shape index (κ1) is 8.06. The van der Waals surface area contributed by atoms with E-state index in [2.05, 4.69) is 32.7 Å². The van der Waals surface area contributed by atoms with E-state index in [-0.39, 0.29) is 0 Å². The van der Waals surface area contributed by atoms with Crippen LogP contribution in [0.2, 0.25) is 0 Å². The first-order valence-electron chi connectivity index (χ1n) is 4.38. The average molecular weight is 141 g/mol. The summed E-state index contributed by atoms with van der Waals surface area (Å²) in [5.74, 6) is 0.898. The van der Waals surface area contributed by atoms with Gasteiger partial charge in [0.05, 0.1) is 0 Å². The van der Waals surface area contributed by atoms with Crippen molar-refractivity contribution >= 4 is 0 Å². The van der Waals surface area contributed by atoms with Gasteiger partial charge in [-0.3, -0.25) is 0 Å². The van der Waals surface area contributed by atoms with E-state index in [4.69, 9.17) is 0 Å². The highest BCUT2D eigenvalue weighted by molar-refractivity contribution is 4.86. The molecule has 1 nitrogen and oxygen atoms in total. The van der Waals surface area contributed by atoms with Crippen molar-refractivity contribution in [1.29, 1.82) is 0 Å². The minimum absolute atomic E-state index is 0.796. The monoisotopic (exact) mass is 141 g/mol.